The molecule has 0 unspecified atom stereocenters. The number of nitrogens with zero attached hydrogens (tertiary/aromatic N) is 1. The Hall–Kier alpha value is -0.860. The van der Waals surface area contributed by atoms with Gasteiger partial charge < -0.3 is 10.2 Å². The van der Waals surface area contributed by atoms with Gasteiger partial charge in [-0.3, -0.25) is 0 Å². The summed E-state index contributed by atoms with van der Waals surface area (Å²) in [4.78, 5) is 2.50. The van der Waals surface area contributed by atoms with Crippen LogP contribution in [0, 0.1) is 0 Å². The van der Waals surface area contributed by atoms with E-state index >= 15 is 0 Å². The summed E-state index contributed by atoms with van der Waals surface area (Å²) >= 11 is 0. The minimum absolute atomic E-state index is 1.14. The van der Waals surface area contributed by atoms with Crippen molar-refractivity contribution in [3.05, 3.63) is 35.9 Å². The summed E-state index contributed by atoms with van der Waals surface area (Å²) in [6.45, 7) is 10.4. The van der Waals surface area contributed by atoms with Crippen molar-refractivity contribution >= 4 is 0 Å². The Kier molecular flexibility index (Phi) is 9.38. The molecule has 0 saturated carbocycles. The second-order valence-electron chi connectivity index (χ2n) is 5.07. The highest BCUT2D eigenvalue weighted by Crippen LogP contribution is 2.01. The monoisotopic (exact) mass is 262 g/mol. The molecule has 0 saturated heterocycles. The number of nitrogens with one attached hydrogen (secondary N) is 1. The Morgan fingerprint density at radius 3 is 2.26 bits per heavy atom. The van der Waals surface area contributed by atoms with Gasteiger partial charge in [0.2, 0.25) is 0 Å². The largest absolute Gasteiger partial charge is 0.317 e. The number of rotatable bonds is 11. The third-order valence-electron chi connectivity index (χ3n) is 3.63. The fraction of sp³-hybridized carbons (Fsp3) is 0.647. The summed E-state index contributed by atoms with van der Waals surface area (Å²) in [5, 5.41) is 3.55. The summed E-state index contributed by atoms with van der Waals surface area (Å²) < 4.78 is 0. The maximum Gasteiger partial charge on any atom is -0.00185 e. The zero-order valence-electron chi connectivity index (χ0n) is 12.7. The quantitative estimate of drug-likeness (QED) is 0.615. The van der Waals surface area contributed by atoms with Gasteiger partial charge in [-0.05, 0) is 64.0 Å². The maximum atomic E-state index is 3.55. The molecular formula is C17H30N2. The molecule has 0 atom stereocenters. The first-order chi connectivity index (χ1) is 9.36. The molecule has 0 bridgehead atoms. The van der Waals surface area contributed by atoms with Gasteiger partial charge in [0.1, 0.15) is 0 Å². The van der Waals surface area contributed by atoms with Crippen LogP contribution in [0.25, 0.3) is 0 Å². The van der Waals surface area contributed by atoms with Crippen molar-refractivity contribution in [2.75, 3.05) is 32.7 Å². The number of hydrogen-bond donors (Lipinski definition) is 1. The van der Waals surface area contributed by atoms with Crippen LogP contribution in [0.5, 0.6) is 0 Å². The summed E-state index contributed by atoms with van der Waals surface area (Å²) in [5.41, 5.74) is 1.45. The highest BCUT2D eigenvalue weighted by molar-refractivity contribution is 5.14. The first kappa shape index (κ1) is 16.2. The molecule has 0 heterocycles. The average Bonchev–Trinajstić information content (AvgIpc) is 2.47. The highest BCUT2D eigenvalue weighted by Gasteiger charge is 1.97. The Labute approximate surface area is 119 Å². The first-order valence-corrected chi connectivity index (χ1v) is 7.83. The van der Waals surface area contributed by atoms with Gasteiger partial charge in [-0.1, -0.05) is 44.2 Å². The molecule has 2 nitrogen and oxygen atoms in total. The molecule has 0 aliphatic heterocycles. The number of benzene rings is 1. The molecule has 0 fully saturated rings. The van der Waals surface area contributed by atoms with Crippen molar-refractivity contribution in [1.82, 2.24) is 10.2 Å². The molecule has 108 valence electrons. The van der Waals surface area contributed by atoms with Crippen LogP contribution in [0.3, 0.4) is 0 Å². The first-order valence-electron chi connectivity index (χ1n) is 7.83. The summed E-state index contributed by atoms with van der Waals surface area (Å²) in [6, 6.07) is 10.7. The Morgan fingerprint density at radius 2 is 1.58 bits per heavy atom. The molecule has 0 aromatic heterocycles. The predicted octanol–water partition coefficient (Wildman–Crippen LogP) is 3.33. The molecular weight excluding hydrogens is 232 g/mol. The fourth-order valence-electron chi connectivity index (χ4n) is 2.31. The van der Waals surface area contributed by atoms with E-state index in [1.165, 1.54) is 50.9 Å². The van der Waals surface area contributed by atoms with Crippen molar-refractivity contribution in [2.24, 2.45) is 0 Å². The van der Waals surface area contributed by atoms with Gasteiger partial charge in [0, 0.05) is 0 Å². The molecule has 1 aromatic carbocycles. The SMILES string of the molecule is CCN(CC)CCCCNCCCc1ccccc1. The Morgan fingerprint density at radius 1 is 0.895 bits per heavy atom. The van der Waals surface area contributed by atoms with Crippen LogP contribution in [0.15, 0.2) is 30.3 Å². The van der Waals surface area contributed by atoms with Gasteiger partial charge in [-0.2, -0.15) is 0 Å². The summed E-state index contributed by atoms with van der Waals surface area (Å²) in [6.07, 6.45) is 5.03. The van der Waals surface area contributed by atoms with Crippen LogP contribution in [-0.4, -0.2) is 37.6 Å². The van der Waals surface area contributed by atoms with Crippen molar-refractivity contribution in [1.29, 1.82) is 0 Å². The van der Waals surface area contributed by atoms with E-state index in [0.29, 0.717) is 0 Å². The lowest BCUT2D eigenvalue weighted by Crippen LogP contribution is -2.25. The van der Waals surface area contributed by atoms with E-state index in [-0.39, 0.29) is 0 Å². The van der Waals surface area contributed by atoms with E-state index in [9.17, 15) is 0 Å². The molecule has 0 spiro atoms. The molecule has 1 N–H and O–H groups in total. The lowest BCUT2D eigenvalue weighted by molar-refractivity contribution is 0.296. The maximum absolute atomic E-state index is 3.55. The second-order valence-corrected chi connectivity index (χ2v) is 5.07. The molecule has 0 amide bonds. The lowest BCUT2D eigenvalue weighted by Gasteiger charge is -2.17. The predicted molar refractivity (Wildman–Crippen MR) is 84.7 cm³/mol. The van der Waals surface area contributed by atoms with Crippen LogP contribution >= 0.6 is 0 Å². The van der Waals surface area contributed by atoms with Gasteiger partial charge in [-0.15, -0.1) is 0 Å². The molecule has 1 aromatic rings. The van der Waals surface area contributed by atoms with Gasteiger partial charge in [0.25, 0.3) is 0 Å². The Balaban J connectivity index is 1.89. The van der Waals surface area contributed by atoms with E-state index in [4.69, 9.17) is 0 Å². The van der Waals surface area contributed by atoms with Crippen molar-refractivity contribution in [2.45, 2.75) is 39.5 Å². The topological polar surface area (TPSA) is 15.3 Å². The van der Waals surface area contributed by atoms with E-state index in [0.717, 1.165) is 13.1 Å². The van der Waals surface area contributed by atoms with Crippen LogP contribution in [0.4, 0.5) is 0 Å². The number of hydrogen-bond acceptors (Lipinski definition) is 2. The van der Waals surface area contributed by atoms with Crippen LogP contribution < -0.4 is 5.32 Å². The molecule has 0 aliphatic carbocycles. The van der Waals surface area contributed by atoms with Gasteiger partial charge in [0.05, 0.1) is 0 Å². The third-order valence-corrected chi connectivity index (χ3v) is 3.63. The second kappa shape index (κ2) is 11.0. The van der Waals surface area contributed by atoms with E-state index in [1.807, 2.05) is 0 Å². The van der Waals surface area contributed by atoms with Gasteiger partial charge >= 0.3 is 0 Å². The third kappa shape index (κ3) is 8.02. The Bertz CT molecular complexity index is 293. The van der Waals surface area contributed by atoms with Crippen molar-refractivity contribution < 1.29 is 0 Å². The standard InChI is InChI=1S/C17H30N2/c1-3-19(4-2)16-9-8-14-18-15-10-13-17-11-6-5-7-12-17/h5-7,11-12,18H,3-4,8-10,13-16H2,1-2H3. The van der Waals surface area contributed by atoms with Gasteiger partial charge in [-0.25, -0.2) is 0 Å². The number of unbranched alkanes of at least 4 members (excludes halogenated alkanes) is 1. The molecule has 19 heavy (non-hydrogen) atoms. The molecule has 2 heteroatoms. The summed E-state index contributed by atoms with van der Waals surface area (Å²) in [5.74, 6) is 0. The van der Waals surface area contributed by atoms with Crippen LogP contribution in [0.2, 0.25) is 0 Å². The molecule has 0 radical (unpaired) electrons. The van der Waals surface area contributed by atoms with Gasteiger partial charge in [0.15, 0.2) is 0 Å². The molecule has 0 aliphatic rings. The van der Waals surface area contributed by atoms with Crippen molar-refractivity contribution in [3.8, 4) is 0 Å². The minimum Gasteiger partial charge on any atom is -0.317 e. The van der Waals surface area contributed by atoms with E-state index in [1.54, 1.807) is 0 Å². The van der Waals surface area contributed by atoms with Crippen LogP contribution in [0.1, 0.15) is 38.7 Å². The fourth-order valence-corrected chi connectivity index (χ4v) is 2.31. The highest BCUT2D eigenvalue weighted by atomic mass is 15.1. The van der Waals surface area contributed by atoms with Crippen LogP contribution in [-0.2, 0) is 6.42 Å². The summed E-state index contributed by atoms with van der Waals surface area (Å²) in [7, 11) is 0. The average molecular weight is 262 g/mol. The smallest absolute Gasteiger partial charge is 0.00185 e. The molecule has 1 rings (SSSR count). The van der Waals surface area contributed by atoms with Crippen molar-refractivity contribution in [3.63, 3.8) is 0 Å². The lowest BCUT2D eigenvalue weighted by atomic mass is 10.1. The van der Waals surface area contributed by atoms with E-state index in [2.05, 4.69) is 54.4 Å². The minimum atomic E-state index is 1.14. The van der Waals surface area contributed by atoms with E-state index < -0.39 is 0 Å². The number of aryl methyl sites for hydroxylation is 1. The zero-order chi connectivity index (χ0) is 13.8. The zero-order valence-corrected chi connectivity index (χ0v) is 12.7. The normalized spacial score (nSPS) is 11.1.